The summed E-state index contributed by atoms with van der Waals surface area (Å²) in [5.74, 6) is 0.663. The van der Waals surface area contributed by atoms with E-state index in [1.54, 1.807) is 18.4 Å². The lowest BCUT2D eigenvalue weighted by molar-refractivity contribution is 0.302. The van der Waals surface area contributed by atoms with Crippen LogP contribution in [0.2, 0.25) is 0 Å². The van der Waals surface area contributed by atoms with Crippen LogP contribution in [0.1, 0.15) is 12.7 Å². The Morgan fingerprint density at radius 1 is 1.44 bits per heavy atom. The Hall–Kier alpha value is -0.890. The van der Waals surface area contributed by atoms with Gasteiger partial charge in [0.15, 0.2) is 0 Å². The molecule has 6 nitrogen and oxygen atoms in total. The van der Waals surface area contributed by atoms with Crippen molar-refractivity contribution in [3.05, 3.63) is 24.2 Å². The molecule has 0 saturated carbocycles. The Balaban J connectivity index is 2.10. The van der Waals surface area contributed by atoms with Crippen molar-refractivity contribution in [2.24, 2.45) is 0 Å². The smallest absolute Gasteiger partial charge is 0.282 e. The second-order valence-corrected chi connectivity index (χ2v) is 6.09. The van der Waals surface area contributed by atoms with Gasteiger partial charge in [0.05, 0.1) is 12.8 Å². The number of hydrogen-bond acceptors (Lipinski definition) is 4. The molecule has 1 fully saturated rings. The van der Waals surface area contributed by atoms with E-state index in [2.05, 4.69) is 5.32 Å². The molecule has 1 saturated heterocycles. The third kappa shape index (κ3) is 2.92. The lowest BCUT2D eigenvalue weighted by Crippen LogP contribution is -2.51. The Morgan fingerprint density at radius 3 is 2.72 bits per heavy atom. The average Bonchev–Trinajstić information content (AvgIpc) is 2.89. The SMILES string of the molecule is CCN(Cc1ccco1)S(=O)(=O)N1CCNCC1. The van der Waals surface area contributed by atoms with Crippen LogP contribution in [0.3, 0.4) is 0 Å². The van der Waals surface area contributed by atoms with Crippen molar-refractivity contribution in [1.29, 1.82) is 0 Å². The number of hydrogen-bond donors (Lipinski definition) is 1. The standard InChI is InChI=1S/C11H19N3O3S/c1-2-13(10-11-4-3-9-17-11)18(15,16)14-7-5-12-6-8-14/h3-4,9,12H,2,5-8,10H2,1H3. The summed E-state index contributed by atoms with van der Waals surface area (Å²) in [5, 5.41) is 3.15. The van der Waals surface area contributed by atoms with Crippen LogP contribution in [0.4, 0.5) is 0 Å². The zero-order chi connectivity index (χ0) is 13.0. The fourth-order valence-corrected chi connectivity index (χ4v) is 3.56. The topological polar surface area (TPSA) is 65.8 Å². The van der Waals surface area contributed by atoms with E-state index in [1.807, 2.05) is 6.92 Å². The van der Waals surface area contributed by atoms with Crippen molar-refractivity contribution < 1.29 is 12.8 Å². The van der Waals surface area contributed by atoms with Crippen molar-refractivity contribution >= 4 is 10.2 Å². The van der Waals surface area contributed by atoms with Crippen LogP contribution >= 0.6 is 0 Å². The molecule has 1 aromatic rings. The summed E-state index contributed by atoms with van der Waals surface area (Å²) in [7, 11) is -3.38. The van der Waals surface area contributed by atoms with Crippen molar-refractivity contribution in [3.8, 4) is 0 Å². The van der Waals surface area contributed by atoms with Gasteiger partial charge in [-0.3, -0.25) is 0 Å². The molecule has 0 aromatic carbocycles. The molecular weight excluding hydrogens is 254 g/mol. The van der Waals surface area contributed by atoms with Crippen molar-refractivity contribution in [1.82, 2.24) is 13.9 Å². The number of nitrogens with one attached hydrogen (secondary N) is 1. The van der Waals surface area contributed by atoms with Gasteiger partial charge in [0, 0.05) is 32.7 Å². The monoisotopic (exact) mass is 273 g/mol. The molecule has 0 amide bonds. The van der Waals surface area contributed by atoms with Gasteiger partial charge in [-0.25, -0.2) is 0 Å². The van der Waals surface area contributed by atoms with Crippen LogP contribution in [0.15, 0.2) is 22.8 Å². The Morgan fingerprint density at radius 2 is 2.17 bits per heavy atom. The van der Waals surface area contributed by atoms with E-state index in [1.165, 1.54) is 8.61 Å². The second-order valence-electron chi connectivity index (χ2n) is 4.16. The predicted molar refractivity (Wildman–Crippen MR) is 68.2 cm³/mol. The maximum atomic E-state index is 12.4. The van der Waals surface area contributed by atoms with Gasteiger partial charge >= 0.3 is 0 Å². The Bertz CT molecular complexity index is 452. The molecule has 0 radical (unpaired) electrons. The fourth-order valence-electron chi connectivity index (χ4n) is 1.97. The quantitative estimate of drug-likeness (QED) is 0.835. The predicted octanol–water partition coefficient (Wildman–Crippen LogP) is 0.251. The zero-order valence-corrected chi connectivity index (χ0v) is 11.3. The molecule has 0 atom stereocenters. The minimum atomic E-state index is -3.38. The summed E-state index contributed by atoms with van der Waals surface area (Å²) in [5.41, 5.74) is 0. The van der Waals surface area contributed by atoms with E-state index >= 15 is 0 Å². The summed E-state index contributed by atoms with van der Waals surface area (Å²) in [6.45, 7) is 5.02. The third-order valence-electron chi connectivity index (χ3n) is 2.99. The van der Waals surface area contributed by atoms with Gasteiger partial charge in [-0.05, 0) is 12.1 Å². The maximum Gasteiger partial charge on any atom is 0.282 e. The summed E-state index contributed by atoms with van der Waals surface area (Å²) < 4.78 is 33.0. The molecule has 18 heavy (non-hydrogen) atoms. The lowest BCUT2D eigenvalue weighted by Gasteiger charge is -2.31. The molecule has 0 unspecified atom stereocenters. The minimum Gasteiger partial charge on any atom is -0.468 e. The molecule has 1 aliphatic rings. The Labute approximate surface area is 108 Å². The van der Waals surface area contributed by atoms with E-state index in [4.69, 9.17) is 4.42 Å². The largest absolute Gasteiger partial charge is 0.468 e. The molecule has 0 aliphatic carbocycles. The van der Waals surface area contributed by atoms with Gasteiger partial charge in [-0.2, -0.15) is 17.0 Å². The zero-order valence-electron chi connectivity index (χ0n) is 10.5. The summed E-state index contributed by atoms with van der Waals surface area (Å²) in [4.78, 5) is 0. The van der Waals surface area contributed by atoms with E-state index < -0.39 is 10.2 Å². The minimum absolute atomic E-state index is 0.287. The number of rotatable bonds is 5. The lowest BCUT2D eigenvalue weighted by atomic mass is 10.4. The first-order chi connectivity index (χ1) is 8.64. The summed E-state index contributed by atoms with van der Waals surface area (Å²) >= 11 is 0. The first kappa shape index (κ1) is 13.5. The van der Waals surface area contributed by atoms with Gasteiger partial charge in [-0.15, -0.1) is 0 Å². The number of piperazine rings is 1. The van der Waals surface area contributed by atoms with E-state index in [9.17, 15) is 8.42 Å². The number of nitrogens with zero attached hydrogens (tertiary/aromatic N) is 2. The van der Waals surface area contributed by atoms with Crippen LogP contribution < -0.4 is 5.32 Å². The van der Waals surface area contributed by atoms with E-state index in [-0.39, 0.29) is 6.54 Å². The van der Waals surface area contributed by atoms with Crippen LogP contribution in [0.5, 0.6) is 0 Å². The van der Waals surface area contributed by atoms with Crippen LogP contribution in [-0.2, 0) is 16.8 Å². The molecule has 2 heterocycles. The van der Waals surface area contributed by atoms with E-state index in [0.717, 1.165) is 0 Å². The molecule has 1 aliphatic heterocycles. The van der Waals surface area contributed by atoms with Gasteiger partial charge in [0.25, 0.3) is 10.2 Å². The van der Waals surface area contributed by atoms with Crippen molar-refractivity contribution in [3.63, 3.8) is 0 Å². The molecule has 7 heteroatoms. The summed E-state index contributed by atoms with van der Waals surface area (Å²) in [6.07, 6.45) is 1.56. The maximum absolute atomic E-state index is 12.4. The number of furan rings is 1. The fraction of sp³-hybridized carbons (Fsp3) is 0.636. The van der Waals surface area contributed by atoms with Crippen LogP contribution in [0, 0.1) is 0 Å². The molecule has 0 spiro atoms. The van der Waals surface area contributed by atoms with Gasteiger partial charge in [0.2, 0.25) is 0 Å². The van der Waals surface area contributed by atoms with E-state index in [0.29, 0.717) is 38.5 Å². The van der Waals surface area contributed by atoms with Crippen LogP contribution in [0.25, 0.3) is 0 Å². The third-order valence-corrected chi connectivity index (χ3v) is 5.05. The highest BCUT2D eigenvalue weighted by Gasteiger charge is 2.30. The Kier molecular flexibility index (Phi) is 4.39. The molecular formula is C11H19N3O3S. The van der Waals surface area contributed by atoms with Crippen molar-refractivity contribution in [2.75, 3.05) is 32.7 Å². The van der Waals surface area contributed by atoms with Gasteiger partial charge in [-0.1, -0.05) is 6.92 Å². The highest BCUT2D eigenvalue weighted by Crippen LogP contribution is 2.14. The molecule has 1 N–H and O–H groups in total. The highest BCUT2D eigenvalue weighted by atomic mass is 32.2. The highest BCUT2D eigenvalue weighted by molar-refractivity contribution is 7.86. The first-order valence-corrected chi connectivity index (χ1v) is 7.52. The summed E-state index contributed by atoms with van der Waals surface area (Å²) in [6, 6.07) is 3.55. The normalized spacial score (nSPS) is 18.3. The molecule has 2 rings (SSSR count). The van der Waals surface area contributed by atoms with Crippen molar-refractivity contribution in [2.45, 2.75) is 13.5 Å². The molecule has 102 valence electrons. The first-order valence-electron chi connectivity index (χ1n) is 6.13. The van der Waals surface area contributed by atoms with Crippen LogP contribution in [-0.4, -0.2) is 49.8 Å². The molecule has 0 bridgehead atoms. The molecule has 1 aromatic heterocycles. The average molecular weight is 273 g/mol. The van der Waals surface area contributed by atoms with Gasteiger partial charge in [0.1, 0.15) is 5.76 Å². The van der Waals surface area contributed by atoms with Gasteiger partial charge < -0.3 is 9.73 Å². The second kappa shape index (κ2) is 5.83.